The standard InChI is InChI=1S/C24H25ClN4O3/c1-13-10-18-11-21(31-5)20(25)12-19(18)23(27-29(13)24(30)26-4)17-8-6-16(7-9-17)22-14(2)28-32-15(22)3/h6-9,11-13H,10H2,1-5H3,(H,26,30)/t13-/m0/s1. The first-order valence-electron chi connectivity index (χ1n) is 10.3. The fourth-order valence-electron chi connectivity index (χ4n) is 4.07. The lowest BCUT2D eigenvalue weighted by molar-refractivity contribution is 0.184. The molecule has 2 heterocycles. The quantitative estimate of drug-likeness (QED) is 0.609. The van der Waals surface area contributed by atoms with Gasteiger partial charge in [-0.3, -0.25) is 0 Å². The van der Waals surface area contributed by atoms with Gasteiger partial charge in [-0.2, -0.15) is 5.10 Å². The molecule has 3 aromatic rings. The van der Waals surface area contributed by atoms with Crippen LogP contribution >= 0.6 is 11.6 Å². The minimum absolute atomic E-state index is 0.154. The van der Waals surface area contributed by atoms with Gasteiger partial charge in [0.1, 0.15) is 11.5 Å². The number of halogens is 1. The lowest BCUT2D eigenvalue weighted by atomic mass is 9.93. The van der Waals surface area contributed by atoms with Crippen LogP contribution in [0.5, 0.6) is 5.75 Å². The van der Waals surface area contributed by atoms with Crippen molar-refractivity contribution < 1.29 is 14.1 Å². The molecule has 166 valence electrons. The average molecular weight is 453 g/mol. The van der Waals surface area contributed by atoms with Gasteiger partial charge in [0.05, 0.1) is 29.6 Å². The second-order valence-corrected chi connectivity index (χ2v) is 8.23. The molecular formula is C24H25ClN4O3. The number of aryl methyl sites for hydroxylation is 2. The van der Waals surface area contributed by atoms with Crippen molar-refractivity contribution in [2.75, 3.05) is 14.2 Å². The number of benzene rings is 2. The number of nitrogens with one attached hydrogen (secondary N) is 1. The number of hydrogen-bond donors (Lipinski definition) is 1. The van der Waals surface area contributed by atoms with Gasteiger partial charge in [-0.25, -0.2) is 9.80 Å². The molecule has 0 radical (unpaired) electrons. The van der Waals surface area contributed by atoms with Crippen molar-refractivity contribution in [3.8, 4) is 16.9 Å². The maximum atomic E-state index is 12.6. The number of nitrogens with zero attached hydrogens (tertiary/aromatic N) is 3. The van der Waals surface area contributed by atoms with E-state index >= 15 is 0 Å². The summed E-state index contributed by atoms with van der Waals surface area (Å²) < 4.78 is 10.7. The molecule has 0 unspecified atom stereocenters. The van der Waals surface area contributed by atoms with Crippen LogP contribution in [0.2, 0.25) is 5.02 Å². The topological polar surface area (TPSA) is 80.0 Å². The van der Waals surface area contributed by atoms with Gasteiger partial charge in [0, 0.05) is 23.7 Å². The second kappa shape index (κ2) is 8.67. The zero-order valence-corrected chi connectivity index (χ0v) is 19.4. The Bertz CT molecular complexity index is 1180. The Hall–Kier alpha value is -3.32. The van der Waals surface area contributed by atoms with Gasteiger partial charge in [0.15, 0.2) is 0 Å². The molecule has 0 spiro atoms. The van der Waals surface area contributed by atoms with Crippen molar-refractivity contribution in [3.63, 3.8) is 0 Å². The Kier molecular flexibility index (Phi) is 5.93. The van der Waals surface area contributed by atoms with Crippen molar-refractivity contribution in [2.45, 2.75) is 33.2 Å². The zero-order valence-electron chi connectivity index (χ0n) is 18.7. The van der Waals surface area contributed by atoms with E-state index in [1.807, 2.05) is 57.2 Å². The van der Waals surface area contributed by atoms with Crippen LogP contribution in [0, 0.1) is 13.8 Å². The van der Waals surface area contributed by atoms with Gasteiger partial charge < -0.3 is 14.6 Å². The molecule has 4 rings (SSSR count). The summed E-state index contributed by atoms with van der Waals surface area (Å²) in [6, 6.07) is 11.3. The van der Waals surface area contributed by atoms with Crippen LogP contribution in [0.15, 0.2) is 46.0 Å². The maximum Gasteiger partial charge on any atom is 0.337 e. The molecule has 2 aromatic carbocycles. The van der Waals surface area contributed by atoms with E-state index < -0.39 is 0 Å². The molecule has 0 saturated carbocycles. The van der Waals surface area contributed by atoms with Crippen LogP contribution in [0.1, 0.15) is 35.1 Å². The Morgan fingerprint density at radius 1 is 1.22 bits per heavy atom. The van der Waals surface area contributed by atoms with Crippen LogP contribution in [-0.2, 0) is 6.42 Å². The van der Waals surface area contributed by atoms with Crippen molar-refractivity contribution in [1.82, 2.24) is 15.5 Å². The van der Waals surface area contributed by atoms with Crippen LogP contribution in [-0.4, -0.2) is 42.1 Å². The summed E-state index contributed by atoms with van der Waals surface area (Å²) in [7, 11) is 3.19. The first-order valence-corrected chi connectivity index (χ1v) is 10.7. The number of carbonyl (C=O) groups excluding carboxylic acids is 1. The van der Waals surface area contributed by atoms with E-state index in [0.717, 1.165) is 39.3 Å². The maximum absolute atomic E-state index is 12.6. The van der Waals surface area contributed by atoms with Gasteiger partial charge >= 0.3 is 6.03 Å². The van der Waals surface area contributed by atoms with E-state index in [2.05, 4.69) is 10.5 Å². The third-order valence-electron chi connectivity index (χ3n) is 5.68. The van der Waals surface area contributed by atoms with E-state index in [4.69, 9.17) is 26.0 Å². The SMILES string of the molecule is CNC(=O)N1N=C(c2ccc(-c3c(C)noc3C)cc2)c2cc(Cl)c(OC)cc2C[C@@H]1C. The molecule has 0 fully saturated rings. The molecule has 1 aliphatic rings. The molecule has 0 aliphatic carbocycles. The normalized spacial score (nSPS) is 15.6. The monoisotopic (exact) mass is 452 g/mol. The van der Waals surface area contributed by atoms with Crippen LogP contribution < -0.4 is 10.1 Å². The summed E-state index contributed by atoms with van der Waals surface area (Å²) >= 11 is 6.47. The van der Waals surface area contributed by atoms with Crippen LogP contribution in [0.4, 0.5) is 4.79 Å². The summed E-state index contributed by atoms with van der Waals surface area (Å²) in [5.74, 6) is 1.37. The number of ether oxygens (including phenoxy) is 1. The van der Waals surface area contributed by atoms with Crippen LogP contribution in [0.3, 0.4) is 0 Å². The largest absolute Gasteiger partial charge is 0.495 e. The second-order valence-electron chi connectivity index (χ2n) is 7.82. The van der Waals surface area contributed by atoms with Gasteiger partial charge in [-0.15, -0.1) is 0 Å². The molecule has 1 N–H and O–H groups in total. The van der Waals surface area contributed by atoms with Crippen molar-refractivity contribution >= 4 is 23.3 Å². The van der Waals surface area contributed by atoms with E-state index in [1.54, 1.807) is 14.2 Å². The highest BCUT2D eigenvalue weighted by molar-refractivity contribution is 6.32. The van der Waals surface area contributed by atoms with E-state index in [9.17, 15) is 4.79 Å². The number of hydrogen-bond acceptors (Lipinski definition) is 5. The summed E-state index contributed by atoms with van der Waals surface area (Å²) in [5, 5.41) is 13.5. The summed E-state index contributed by atoms with van der Waals surface area (Å²) in [5.41, 5.74) is 6.24. The molecule has 1 aliphatic heterocycles. The Balaban J connectivity index is 1.86. The highest BCUT2D eigenvalue weighted by Crippen LogP contribution is 2.34. The van der Waals surface area contributed by atoms with Gasteiger partial charge in [-0.1, -0.05) is 41.0 Å². The smallest absolute Gasteiger partial charge is 0.337 e. The average Bonchev–Trinajstić information content (AvgIpc) is 3.05. The predicted octanol–water partition coefficient (Wildman–Crippen LogP) is 4.96. The van der Waals surface area contributed by atoms with Gasteiger partial charge in [-0.05, 0) is 50.5 Å². The molecular weight excluding hydrogens is 428 g/mol. The molecule has 0 saturated heterocycles. The lowest BCUT2D eigenvalue weighted by Crippen LogP contribution is -2.41. The fourth-order valence-corrected chi connectivity index (χ4v) is 4.31. The zero-order chi connectivity index (χ0) is 23.0. The minimum atomic E-state index is -0.270. The number of urea groups is 1. The predicted molar refractivity (Wildman–Crippen MR) is 125 cm³/mol. The number of aromatic nitrogens is 1. The molecule has 1 aromatic heterocycles. The number of rotatable bonds is 3. The molecule has 7 nitrogen and oxygen atoms in total. The van der Waals surface area contributed by atoms with Gasteiger partial charge in [0.25, 0.3) is 0 Å². The summed E-state index contributed by atoms with van der Waals surface area (Å²) in [6.45, 7) is 5.78. The number of amides is 2. The molecule has 2 amide bonds. The third kappa shape index (κ3) is 3.84. The fraction of sp³-hybridized carbons (Fsp3) is 0.292. The minimum Gasteiger partial charge on any atom is -0.495 e. The van der Waals surface area contributed by atoms with E-state index in [-0.39, 0.29) is 12.1 Å². The van der Waals surface area contributed by atoms with Gasteiger partial charge in [0.2, 0.25) is 0 Å². The van der Waals surface area contributed by atoms with Crippen LogP contribution in [0.25, 0.3) is 11.1 Å². The van der Waals surface area contributed by atoms with Crippen molar-refractivity contribution in [2.24, 2.45) is 5.10 Å². The van der Waals surface area contributed by atoms with Crippen molar-refractivity contribution in [3.05, 3.63) is 69.6 Å². The highest BCUT2D eigenvalue weighted by Gasteiger charge is 2.28. The lowest BCUT2D eigenvalue weighted by Gasteiger charge is -2.22. The first kappa shape index (κ1) is 21.9. The first-order chi connectivity index (χ1) is 15.3. The summed E-state index contributed by atoms with van der Waals surface area (Å²) in [4.78, 5) is 12.6. The molecule has 0 bridgehead atoms. The third-order valence-corrected chi connectivity index (χ3v) is 5.97. The van der Waals surface area contributed by atoms with Crippen molar-refractivity contribution in [1.29, 1.82) is 0 Å². The molecule has 8 heteroatoms. The number of fused-ring (bicyclic) bond motifs is 1. The van der Waals surface area contributed by atoms with E-state index in [0.29, 0.717) is 22.9 Å². The Labute approximate surface area is 192 Å². The summed E-state index contributed by atoms with van der Waals surface area (Å²) in [6.07, 6.45) is 0.612. The number of methoxy groups -OCH3 is 1. The van der Waals surface area contributed by atoms with E-state index in [1.165, 1.54) is 5.01 Å². The number of carbonyl (C=O) groups is 1. The molecule has 1 atom stereocenters. The Morgan fingerprint density at radius 2 is 1.91 bits per heavy atom. The molecule has 32 heavy (non-hydrogen) atoms. The highest BCUT2D eigenvalue weighted by atomic mass is 35.5. The number of hydrazone groups is 1. The Morgan fingerprint density at radius 3 is 2.50 bits per heavy atom.